The summed E-state index contributed by atoms with van der Waals surface area (Å²) in [6.45, 7) is 3.23. The van der Waals surface area contributed by atoms with Gasteiger partial charge in [-0.2, -0.15) is 0 Å². The monoisotopic (exact) mass is 350 g/mol. The van der Waals surface area contributed by atoms with Gasteiger partial charge in [0.05, 0.1) is 27.9 Å². The smallest absolute Gasteiger partial charge is 0.238 e. The number of nitrogens with one attached hydrogen (secondary N) is 1. The van der Waals surface area contributed by atoms with Crippen LogP contribution in [0.3, 0.4) is 0 Å². The molecule has 1 amide bonds. The number of hydrogen-bond acceptors (Lipinski definition) is 3. The van der Waals surface area contributed by atoms with Gasteiger partial charge in [-0.05, 0) is 38.4 Å². The van der Waals surface area contributed by atoms with E-state index in [1.165, 1.54) is 12.1 Å². The average Bonchev–Trinajstić information content (AvgIpc) is 2.32. The Kier molecular flexibility index (Phi) is 5.38. The predicted octanol–water partition coefficient (Wildman–Crippen LogP) is 3.43. The minimum absolute atomic E-state index is 0.186. The minimum Gasteiger partial charge on any atom is -0.389 e. The van der Waals surface area contributed by atoms with Crippen LogP contribution in [0.5, 0.6) is 0 Å². The standard InChI is InChI=1S/C14H17Cl3N2O2/c1-14(21)3-2-4-19(8-14)7-12(20)18-13-10(16)5-9(15)6-11(13)17/h5-6,21H,2-4,7-8H2,1H3,(H,18,20). The molecular formula is C14H17Cl3N2O2. The molecule has 0 saturated carbocycles. The summed E-state index contributed by atoms with van der Waals surface area (Å²) in [5.74, 6) is -0.223. The lowest BCUT2D eigenvalue weighted by Gasteiger charge is -2.36. The maximum absolute atomic E-state index is 12.1. The topological polar surface area (TPSA) is 52.6 Å². The van der Waals surface area contributed by atoms with E-state index in [9.17, 15) is 9.90 Å². The summed E-state index contributed by atoms with van der Waals surface area (Å²) in [7, 11) is 0. The summed E-state index contributed by atoms with van der Waals surface area (Å²) in [6, 6.07) is 3.05. The van der Waals surface area contributed by atoms with E-state index >= 15 is 0 Å². The van der Waals surface area contributed by atoms with Crippen LogP contribution in [0.2, 0.25) is 15.1 Å². The Morgan fingerprint density at radius 1 is 1.38 bits per heavy atom. The normalized spacial score (nSPS) is 23.1. The van der Waals surface area contributed by atoms with Gasteiger partial charge < -0.3 is 10.4 Å². The van der Waals surface area contributed by atoms with E-state index in [-0.39, 0.29) is 12.5 Å². The second kappa shape index (κ2) is 6.71. The molecule has 21 heavy (non-hydrogen) atoms. The van der Waals surface area contributed by atoms with E-state index in [2.05, 4.69) is 5.32 Å². The number of aliphatic hydroxyl groups is 1. The van der Waals surface area contributed by atoms with E-state index in [0.717, 1.165) is 19.4 Å². The molecule has 7 heteroatoms. The highest BCUT2D eigenvalue weighted by Gasteiger charge is 2.29. The van der Waals surface area contributed by atoms with Crippen LogP contribution in [0.4, 0.5) is 5.69 Å². The molecule has 1 saturated heterocycles. The van der Waals surface area contributed by atoms with Gasteiger partial charge in [0.25, 0.3) is 0 Å². The second-order valence-corrected chi connectivity index (χ2v) is 6.85. The van der Waals surface area contributed by atoms with Gasteiger partial charge >= 0.3 is 0 Å². The first kappa shape index (κ1) is 16.8. The molecule has 1 aromatic rings. The molecule has 2 N–H and O–H groups in total. The molecule has 116 valence electrons. The van der Waals surface area contributed by atoms with Gasteiger partial charge in [0.15, 0.2) is 0 Å². The van der Waals surface area contributed by atoms with Crippen molar-refractivity contribution >= 4 is 46.4 Å². The van der Waals surface area contributed by atoms with Crippen LogP contribution in [-0.4, -0.2) is 41.1 Å². The van der Waals surface area contributed by atoms with Crippen molar-refractivity contribution in [1.82, 2.24) is 4.90 Å². The maximum Gasteiger partial charge on any atom is 0.238 e. The third-order valence-corrected chi connectivity index (χ3v) is 4.21. The fraction of sp³-hybridized carbons (Fsp3) is 0.500. The Labute approximate surface area is 139 Å². The van der Waals surface area contributed by atoms with E-state index < -0.39 is 5.60 Å². The van der Waals surface area contributed by atoms with Gasteiger partial charge in [-0.25, -0.2) is 0 Å². The van der Waals surface area contributed by atoms with Crippen LogP contribution < -0.4 is 5.32 Å². The van der Waals surface area contributed by atoms with Crippen molar-refractivity contribution in [3.8, 4) is 0 Å². The van der Waals surface area contributed by atoms with Crippen LogP contribution >= 0.6 is 34.8 Å². The Balaban J connectivity index is 1.99. The number of hydrogen-bond donors (Lipinski definition) is 2. The molecular weight excluding hydrogens is 335 g/mol. The zero-order chi connectivity index (χ0) is 15.6. The third kappa shape index (κ3) is 4.73. The molecule has 1 unspecified atom stereocenters. The van der Waals surface area contributed by atoms with Crippen molar-refractivity contribution in [1.29, 1.82) is 0 Å². The molecule has 1 aliphatic heterocycles. The highest BCUT2D eigenvalue weighted by molar-refractivity contribution is 6.42. The number of nitrogens with zero attached hydrogens (tertiary/aromatic N) is 1. The number of amides is 1. The molecule has 1 heterocycles. The quantitative estimate of drug-likeness (QED) is 0.877. The van der Waals surface area contributed by atoms with Crippen LogP contribution in [0, 0.1) is 0 Å². The molecule has 1 fully saturated rings. The number of piperidine rings is 1. The van der Waals surface area contributed by atoms with Crippen molar-refractivity contribution < 1.29 is 9.90 Å². The number of β-amino-alcohol motifs (C(OH)–C–C–N with tert-alkyl or cyclic N) is 1. The van der Waals surface area contributed by atoms with Crippen molar-refractivity contribution in [3.63, 3.8) is 0 Å². The summed E-state index contributed by atoms with van der Waals surface area (Å²) < 4.78 is 0. The first-order valence-corrected chi connectivity index (χ1v) is 7.79. The maximum atomic E-state index is 12.1. The van der Waals surface area contributed by atoms with Crippen LogP contribution in [-0.2, 0) is 4.79 Å². The number of benzene rings is 1. The zero-order valence-electron chi connectivity index (χ0n) is 11.6. The summed E-state index contributed by atoms with van der Waals surface area (Å²) >= 11 is 17.9. The highest BCUT2D eigenvalue weighted by atomic mass is 35.5. The molecule has 1 aromatic carbocycles. The lowest BCUT2D eigenvalue weighted by molar-refractivity contribution is -0.118. The van der Waals surface area contributed by atoms with Crippen LogP contribution in [0.15, 0.2) is 12.1 Å². The first-order valence-electron chi connectivity index (χ1n) is 6.66. The van der Waals surface area contributed by atoms with Crippen molar-refractivity contribution in [2.24, 2.45) is 0 Å². The molecule has 4 nitrogen and oxygen atoms in total. The van der Waals surface area contributed by atoms with E-state index in [1.54, 1.807) is 6.92 Å². The number of rotatable bonds is 3. The fourth-order valence-electron chi connectivity index (χ4n) is 2.50. The Morgan fingerprint density at radius 3 is 2.57 bits per heavy atom. The Morgan fingerprint density at radius 2 is 2.00 bits per heavy atom. The van der Waals surface area contributed by atoms with Gasteiger partial charge in [0.1, 0.15) is 0 Å². The van der Waals surface area contributed by atoms with Crippen LogP contribution in [0.25, 0.3) is 0 Å². The molecule has 0 radical (unpaired) electrons. The molecule has 1 aliphatic rings. The zero-order valence-corrected chi connectivity index (χ0v) is 13.9. The number of carbonyl (C=O) groups excluding carboxylic acids is 1. The Hall–Kier alpha value is -0.520. The lowest BCUT2D eigenvalue weighted by Crippen LogP contribution is -2.48. The predicted molar refractivity (Wildman–Crippen MR) is 86.4 cm³/mol. The minimum atomic E-state index is -0.742. The van der Waals surface area contributed by atoms with E-state index in [4.69, 9.17) is 34.8 Å². The second-order valence-electron chi connectivity index (χ2n) is 5.60. The molecule has 0 spiro atoms. The van der Waals surface area contributed by atoms with Gasteiger partial charge in [0.2, 0.25) is 5.91 Å². The number of halogens is 3. The molecule has 0 aromatic heterocycles. The molecule has 0 bridgehead atoms. The molecule has 1 atom stereocenters. The summed E-state index contributed by atoms with van der Waals surface area (Å²) in [5.41, 5.74) is -0.384. The first-order chi connectivity index (χ1) is 9.77. The summed E-state index contributed by atoms with van der Waals surface area (Å²) in [6.07, 6.45) is 1.61. The Bertz CT molecular complexity index is 526. The fourth-order valence-corrected chi connectivity index (χ4v) is 3.41. The average molecular weight is 352 g/mol. The largest absolute Gasteiger partial charge is 0.389 e. The summed E-state index contributed by atoms with van der Waals surface area (Å²) in [5, 5.41) is 13.7. The van der Waals surface area contributed by atoms with Gasteiger partial charge in [0, 0.05) is 11.6 Å². The third-order valence-electron chi connectivity index (χ3n) is 3.39. The highest BCUT2D eigenvalue weighted by Crippen LogP contribution is 2.33. The van der Waals surface area contributed by atoms with Crippen molar-refractivity contribution in [3.05, 3.63) is 27.2 Å². The van der Waals surface area contributed by atoms with E-state index in [0.29, 0.717) is 27.3 Å². The van der Waals surface area contributed by atoms with Crippen molar-refractivity contribution in [2.75, 3.05) is 25.0 Å². The van der Waals surface area contributed by atoms with Crippen LogP contribution in [0.1, 0.15) is 19.8 Å². The van der Waals surface area contributed by atoms with Gasteiger partial charge in [-0.1, -0.05) is 34.8 Å². The van der Waals surface area contributed by atoms with Gasteiger partial charge in [-0.3, -0.25) is 9.69 Å². The molecule has 0 aliphatic carbocycles. The number of carbonyl (C=O) groups is 1. The van der Waals surface area contributed by atoms with Gasteiger partial charge in [-0.15, -0.1) is 0 Å². The number of likely N-dealkylation sites (tertiary alicyclic amines) is 1. The molecule has 2 rings (SSSR count). The SMILES string of the molecule is CC1(O)CCCN(CC(=O)Nc2c(Cl)cc(Cl)cc2Cl)C1. The summed E-state index contributed by atoms with van der Waals surface area (Å²) in [4.78, 5) is 14.0. The lowest BCUT2D eigenvalue weighted by atomic mass is 9.95. The van der Waals surface area contributed by atoms with E-state index in [1.807, 2.05) is 4.90 Å². The number of anilines is 1. The van der Waals surface area contributed by atoms with Crippen molar-refractivity contribution in [2.45, 2.75) is 25.4 Å².